The van der Waals surface area contributed by atoms with E-state index in [2.05, 4.69) is 0 Å². The van der Waals surface area contributed by atoms with Gasteiger partial charge in [-0.05, 0) is 102 Å². The minimum absolute atomic E-state index is 0.165. The van der Waals surface area contributed by atoms with Crippen LogP contribution in [0.4, 0.5) is 0 Å². The van der Waals surface area contributed by atoms with E-state index in [0.29, 0.717) is 19.4 Å². The van der Waals surface area contributed by atoms with Crippen molar-refractivity contribution in [2.75, 3.05) is 34.8 Å². The number of aliphatic hydroxyl groups is 5. The molecule has 314 valence electrons. The van der Waals surface area contributed by atoms with Crippen molar-refractivity contribution < 1.29 is 58.7 Å². The number of hydrogen-bond acceptors (Lipinski definition) is 14. The van der Waals surface area contributed by atoms with Gasteiger partial charge in [-0.25, -0.2) is 0 Å². The number of rotatable bonds is 20. The Hall–Kier alpha value is -1.01. The molecule has 0 aromatic heterocycles. The van der Waals surface area contributed by atoms with Crippen molar-refractivity contribution in [3.63, 3.8) is 0 Å². The molecule has 18 atom stereocenters. The Morgan fingerprint density at radius 3 is 2.15 bits per heavy atom. The number of aliphatic hydroxyl groups excluding tert-OH is 4. The lowest BCUT2D eigenvalue weighted by Crippen LogP contribution is -2.61. The molecular formula is C39H76N2O12. The van der Waals surface area contributed by atoms with Crippen molar-refractivity contribution in [3.05, 3.63) is 0 Å². The van der Waals surface area contributed by atoms with Crippen LogP contribution >= 0.6 is 0 Å². The van der Waals surface area contributed by atoms with E-state index < -0.39 is 84.3 Å². The molecule has 0 aromatic rings. The van der Waals surface area contributed by atoms with Crippen molar-refractivity contribution in [1.82, 2.24) is 9.80 Å². The molecule has 2 fully saturated rings. The summed E-state index contributed by atoms with van der Waals surface area (Å²) in [6, 6.07) is -0.514. The zero-order chi connectivity index (χ0) is 40.7. The van der Waals surface area contributed by atoms with Crippen molar-refractivity contribution in [2.45, 2.75) is 193 Å². The fourth-order valence-electron chi connectivity index (χ4n) is 7.89. The number of nitrogens with zero attached hydrogens (tertiary/aromatic N) is 2. The van der Waals surface area contributed by atoms with Crippen molar-refractivity contribution in [2.24, 2.45) is 17.8 Å². The Morgan fingerprint density at radius 2 is 1.62 bits per heavy atom. The lowest BCUT2D eigenvalue weighted by atomic mass is 9.78. The van der Waals surface area contributed by atoms with E-state index in [0.717, 1.165) is 0 Å². The van der Waals surface area contributed by atoms with Crippen LogP contribution in [0, 0.1) is 17.8 Å². The van der Waals surface area contributed by atoms with Gasteiger partial charge >= 0.3 is 5.97 Å². The highest BCUT2D eigenvalue weighted by Crippen LogP contribution is 2.39. The first kappa shape index (κ1) is 48.1. The summed E-state index contributed by atoms with van der Waals surface area (Å²) >= 11 is 0. The van der Waals surface area contributed by atoms with Gasteiger partial charge in [0.15, 0.2) is 12.6 Å². The molecule has 14 nitrogen and oxygen atoms in total. The fraction of sp³-hybridized carbons (Fsp3) is 0.974. The van der Waals surface area contributed by atoms with Crippen LogP contribution in [0.2, 0.25) is 0 Å². The van der Waals surface area contributed by atoms with Gasteiger partial charge in [0.2, 0.25) is 0 Å². The zero-order valence-electron chi connectivity index (χ0n) is 35.3. The zero-order valence-corrected chi connectivity index (χ0v) is 35.3. The summed E-state index contributed by atoms with van der Waals surface area (Å²) in [6.45, 7) is 20.2. The summed E-state index contributed by atoms with van der Waals surface area (Å²) in [4.78, 5) is 17.7. The molecule has 0 radical (unpaired) electrons. The first-order valence-electron chi connectivity index (χ1n) is 19.6. The van der Waals surface area contributed by atoms with Crippen molar-refractivity contribution in [3.8, 4) is 0 Å². The highest BCUT2D eigenvalue weighted by Gasteiger charge is 2.51. The van der Waals surface area contributed by atoms with Gasteiger partial charge in [-0.15, -0.1) is 0 Å². The Kier molecular flexibility index (Phi) is 18.5. The fourth-order valence-corrected chi connectivity index (χ4v) is 7.89. The van der Waals surface area contributed by atoms with Crippen LogP contribution in [0.1, 0.15) is 102 Å². The van der Waals surface area contributed by atoms with Crippen LogP contribution < -0.4 is 0 Å². The predicted octanol–water partition coefficient (Wildman–Crippen LogP) is 2.54. The van der Waals surface area contributed by atoms with Crippen LogP contribution in [0.3, 0.4) is 0 Å². The molecule has 2 unspecified atom stereocenters. The quantitative estimate of drug-likeness (QED) is 0.114. The summed E-state index contributed by atoms with van der Waals surface area (Å²) in [5.41, 5.74) is -2.58. The Bertz CT molecular complexity index is 1100. The average Bonchev–Trinajstić information content (AvgIpc) is 3.07. The highest BCUT2D eigenvalue weighted by atomic mass is 16.7. The van der Waals surface area contributed by atoms with Crippen LogP contribution in [0.15, 0.2) is 0 Å². The number of hydrogen-bond donors (Lipinski definition) is 5. The van der Waals surface area contributed by atoms with Gasteiger partial charge in [-0.2, -0.15) is 0 Å². The van der Waals surface area contributed by atoms with Gasteiger partial charge in [-0.1, -0.05) is 20.8 Å². The largest absolute Gasteiger partial charge is 0.462 e. The summed E-state index contributed by atoms with van der Waals surface area (Å²) in [6.07, 6.45) is -7.47. The molecule has 14 heteroatoms. The van der Waals surface area contributed by atoms with Gasteiger partial charge in [0.1, 0.15) is 12.2 Å². The van der Waals surface area contributed by atoms with Gasteiger partial charge in [0.25, 0.3) is 0 Å². The van der Waals surface area contributed by atoms with Gasteiger partial charge < -0.3 is 63.8 Å². The van der Waals surface area contributed by atoms with Crippen molar-refractivity contribution >= 4 is 5.97 Å². The maximum Gasteiger partial charge on any atom is 0.311 e. The monoisotopic (exact) mass is 765 g/mol. The standard InChI is InChI=1S/C39H76N2O12/c1-16-23(4)49-36(46)26(7)33(52-30-19-39(11,48-15)34(45)28(9)51-30)25(6)35(53-37-32(44)29(40(12)13)17-24(5)50-37)38(10,47)18-22(3)41(14)20-21(2)31(43)27(8)42/h21-35,37,42-45,47H,16-20H2,1-15H3/t21-,22+,23-,24+,25-,26+,27?,28-,29-,30-,31+,32+,33-,34-,35+,37-,38?,39+/m0/s1. The SMILES string of the molecule is CC[C@H](C)OC(=O)[C@H](C)[C@@H](O[C@H]1C[C@@](C)(OC)[C@@H](O)[C@H](C)O1)[C@H](C)[C@@H](O[C@@H]1O[C@H](C)C[C@H](N(C)C)[C@H]1O)C(C)(O)C[C@@H](C)N(C)C[C@H](C)[C@@H](O)C(C)O. The normalized spacial score (nSPS) is 34.7. The van der Waals surface area contributed by atoms with Crippen LogP contribution in [0.25, 0.3) is 0 Å². The lowest BCUT2D eigenvalue weighted by molar-refractivity contribution is -0.317. The van der Waals surface area contributed by atoms with E-state index in [-0.39, 0.29) is 43.1 Å². The Morgan fingerprint density at radius 1 is 1.02 bits per heavy atom. The van der Waals surface area contributed by atoms with E-state index in [4.69, 9.17) is 28.4 Å². The summed E-state index contributed by atoms with van der Waals surface area (Å²) in [7, 11) is 7.19. The molecule has 2 saturated heterocycles. The third-order valence-electron chi connectivity index (χ3n) is 11.8. The summed E-state index contributed by atoms with van der Waals surface area (Å²) in [5, 5.41) is 55.5. The minimum atomic E-state index is -1.59. The second-order valence-electron chi connectivity index (χ2n) is 17.0. The molecule has 0 saturated carbocycles. The van der Waals surface area contributed by atoms with Gasteiger partial charge in [0, 0.05) is 38.1 Å². The highest BCUT2D eigenvalue weighted by molar-refractivity contribution is 5.73. The smallest absolute Gasteiger partial charge is 0.311 e. The van der Waals surface area contributed by atoms with Crippen molar-refractivity contribution in [1.29, 1.82) is 0 Å². The van der Waals surface area contributed by atoms with Crippen LogP contribution in [-0.4, -0.2) is 167 Å². The molecule has 0 spiro atoms. The van der Waals surface area contributed by atoms with Gasteiger partial charge in [-0.3, -0.25) is 4.79 Å². The molecule has 53 heavy (non-hydrogen) atoms. The molecule has 2 rings (SSSR count). The molecule has 2 heterocycles. The topological polar surface area (TPSA) is 180 Å². The summed E-state index contributed by atoms with van der Waals surface area (Å²) in [5.74, 6) is -2.31. The number of methoxy groups -OCH3 is 1. The molecule has 5 N–H and O–H groups in total. The second-order valence-corrected chi connectivity index (χ2v) is 17.0. The molecular weight excluding hydrogens is 688 g/mol. The molecule has 0 amide bonds. The minimum Gasteiger partial charge on any atom is -0.462 e. The number of likely N-dealkylation sites (N-methyl/N-ethyl adjacent to an activating group) is 1. The summed E-state index contributed by atoms with van der Waals surface area (Å²) < 4.78 is 37.3. The molecule has 2 aliphatic rings. The molecule has 0 aromatic carbocycles. The van der Waals surface area contributed by atoms with E-state index in [1.807, 2.05) is 72.5 Å². The van der Waals surface area contributed by atoms with E-state index in [1.54, 1.807) is 34.6 Å². The van der Waals surface area contributed by atoms with E-state index >= 15 is 0 Å². The lowest BCUT2D eigenvalue weighted by Gasteiger charge is -2.49. The number of carbonyl (C=O) groups excluding carboxylic acids is 1. The second kappa shape index (κ2) is 20.4. The first-order valence-corrected chi connectivity index (χ1v) is 19.6. The van der Waals surface area contributed by atoms with Gasteiger partial charge in [0.05, 0.1) is 59.8 Å². The molecule has 0 bridgehead atoms. The first-order chi connectivity index (χ1) is 24.4. The number of carbonyl (C=O) groups is 1. The molecule has 2 aliphatic heterocycles. The number of esters is 1. The van der Waals surface area contributed by atoms with Crippen LogP contribution in [-0.2, 0) is 33.2 Å². The molecule has 0 aliphatic carbocycles. The number of ether oxygens (including phenoxy) is 6. The van der Waals surface area contributed by atoms with E-state index in [1.165, 1.54) is 7.11 Å². The predicted molar refractivity (Wildman–Crippen MR) is 201 cm³/mol. The maximum atomic E-state index is 13.7. The van der Waals surface area contributed by atoms with Crippen LogP contribution in [0.5, 0.6) is 0 Å². The third-order valence-corrected chi connectivity index (χ3v) is 11.8. The Balaban J connectivity index is 2.61. The maximum absolute atomic E-state index is 13.7. The van der Waals surface area contributed by atoms with E-state index in [9.17, 15) is 30.3 Å². The third kappa shape index (κ3) is 12.7. The Labute approximate surface area is 319 Å². The average molecular weight is 765 g/mol.